The van der Waals surface area contributed by atoms with Crippen LogP contribution < -0.4 is 5.73 Å². The number of aliphatic hydroxyl groups excluding tert-OH is 1. The molecular weight excluding hydrogens is 246 g/mol. The predicted molar refractivity (Wildman–Crippen MR) is 72.8 cm³/mol. The fourth-order valence-corrected chi connectivity index (χ4v) is 4.64. The Hall–Kier alpha value is -0.420. The van der Waals surface area contributed by atoms with Gasteiger partial charge < -0.3 is 15.6 Å². The first-order chi connectivity index (χ1) is 8.56. The summed E-state index contributed by atoms with van der Waals surface area (Å²) in [6.45, 7) is 4.67. The van der Waals surface area contributed by atoms with Gasteiger partial charge in [-0.2, -0.15) is 0 Å². The molecule has 0 amide bonds. The number of fused-ring (bicyclic) bond motifs is 2. The number of aliphatic hydroxyl groups is 1. The zero-order chi connectivity index (χ0) is 12.9. The van der Waals surface area contributed by atoms with Crippen molar-refractivity contribution in [3.8, 4) is 0 Å². The number of aryl methyl sites for hydroxylation is 2. The molecule has 3 N–H and O–H groups in total. The lowest BCUT2D eigenvalue weighted by Crippen LogP contribution is -2.44. The molecule has 0 spiro atoms. The zero-order valence-electron chi connectivity index (χ0n) is 11.0. The molecule has 3 nitrogen and oxygen atoms in total. The van der Waals surface area contributed by atoms with Crippen LogP contribution in [0.1, 0.15) is 40.7 Å². The smallest absolute Gasteiger partial charge is 0.0894 e. The van der Waals surface area contributed by atoms with E-state index in [1.165, 1.54) is 9.75 Å². The molecule has 0 radical (unpaired) electrons. The van der Waals surface area contributed by atoms with Gasteiger partial charge in [0.05, 0.1) is 18.3 Å². The fraction of sp³-hybridized carbons (Fsp3) is 0.714. The molecule has 0 saturated carbocycles. The quantitative estimate of drug-likeness (QED) is 0.883. The number of hydrogen-bond acceptors (Lipinski definition) is 4. The van der Waals surface area contributed by atoms with Crippen LogP contribution in [-0.2, 0) is 4.74 Å². The molecule has 3 heterocycles. The first-order valence-electron chi connectivity index (χ1n) is 6.67. The highest BCUT2D eigenvalue weighted by molar-refractivity contribution is 7.12. The van der Waals surface area contributed by atoms with Crippen LogP contribution in [0, 0.1) is 19.3 Å². The van der Waals surface area contributed by atoms with E-state index in [9.17, 15) is 5.11 Å². The number of rotatable bonds is 3. The Morgan fingerprint density at radius 3 is 2.78 bits per heavy atom. The maximum Gasteiger partial charge on any atom is 0.0894 e. The second-order valence-corrected chi connectivity index (χ2v) is 7.20. The average Bonchev–Trinajstić information content (AvgIpc) is 3.02. The first kappa shape index (κ1) is 12.6. The van der Waals surface area contributed by atoms with Crippen molar-refractivity contribution >= 4 is 11.3 Å². The molecule has 2 bridgehead atoms. The topological polar surface area (TPSA) is 55.5 Å². The monoisotopic (exact) mass is 267 g/mol. The summed E-state index contributed by atoms with van der Waals surface area (Å²) in [6, 6.07) is 2.11. The first-order valence-corrected chi connectivity index (χ1v) is 7.49. The van der Waals surface area contributed by atoms with Crippen LogP contribution in [-0.4, -0.2) is 23.9 Å². The molecule has 0 aliphatic carbocycles. The zero-order valence-corrected chi connectivity index (χ0v) is 11.8. The van der Waals surface area contributed by atoms with Crippen molar-refractivity contribution < 1.29 is 9.84 Å². The third-order valence-electron chi connectivity index (χ3n) is 4.66. The van der Waals surface area contributed by atoms with Crippen molar-refractivity contribution in [3.63, 3.8) is 0 Å². The number of hydrogen-bond donors (Lipinski definition) is 2. The van der Waals surface area contributed by atoms with Crippen molar-refractivity contribution in [2.24, 2.45) is 11.1 Å². The van der Waals surface area contributed by atoms with E-state index >= 15 is 0 Å². The van der Waals surface area contributed by atoms with Gasteiger partial charge in [0.15, 0.2) is 0 Å². The van der Waals surface area contributed by atoms with Crippen LogP contribution in [0.5, 0.6) is 0 Å². The van der Waals surface area contributed by atoms with Crippen LogP contribution in [0.4, 0.5) is 0 Å². The van der Waals surface area contributed by atoms with Crippen LogP contribution >= 0.6 is 11.3 Å². The summed E-state index contributed by atoms with van der Waals surface area (Å²) in [4.78, 5) is 2.45. The molecule has 2 aliphatic heterocycles. The molecular formula is C14H21NO2S. The summed E-state index contributed by atoms with van der Waals surface area (Å²) in [5, 5.41) is 10.8. The van der Waals surface area contributed by atoms with Gasteiger partial charge in [-0.05, 0) is 44.7 Å². The Bertz CT molecular complexity index is 459. The number of thiophene rings is 1. The van der Waals surface area contributed by atoms with E-state index in [-0.39, 0.29) is 11.5 Å². The summed E-state index contributed by atoms with van der Waals surface area (Å²) in [6.07, 6.45) is 3.05. The van der Waals surface area contributed by atoms with Crippen molar-refractivity contribution in [3.05, 3.63) is 21.4 Å². The van der Waals surface area contributed by atoms with Crippen LogP contribution in [0.3, 0.4) is 0 Å². The number of nitrogens with two attached hydrogens (primary N) is 1. The normalized spacial score (nSPS) is 36.2. The number of ether oxygens (including phenoxy) is 1. The molecule has 4 heteroatoms. The summed E-state index contributed by atoms with van der Waals surface area (Å²) < 4.78 is 5.93. The van der Waals surface area contributed by atoms with Gasteiger partial charge in [-0.1, -0.05) is 0 Å². The maximum absolute atomic E-state index is 10.8. The fourth-order valence-electron chi connectivity index (χ4n) is 3.68. The Kier molecular flexibility index (Phi) is 3.01. The highest BCUT2D eigenvalue weighted by Gasteiger charge is 2.56. The molecule has 1 aromatic heterocycles. The minimum atomic E-state index is -0.484. The van der Waals surface area contributed by atoms with Crippen molar-refractivity contribution in [1.29, 1.82) is 0 Å². The van der Waals surface area contributed by atoms with E-state index in [0.29, 0.717) is 12.6 Å². The molecule has 100 valence electrons. The lowest BCUT2D eigenvalue weighted by Gasteiger charge is -2.38. The third-order valence-corrected chi connectivity index (χ3v) is 5.64. The van der Waals surface area contributed by atoms with Crippen LogP contribution in [0.2, 0.25) is 0 Å². The predicted octanol–water partition coefficient (Wildman–Crippen LogP) is 2.29. The van der Waals surface area contributed by atoms with Gasteiger partial charge in [0.25, 0.3) is 0 Å². The van der Waals surface area contributed by atoms with E-state index in [2.05, 4.69) is 19.9 Å². The molecule has 4 unspecified atom stereocenters. The van der Waals surface area contributed by atoms with E-state index < -0.39 is 6.10 Å². The van der Waals surface area contributed by atoms with E-state index in [0.717, 1.165) is 24.8 Å². The Labute approximate surface area is 112 Å². The van der Waals surface area contributed by atoms with Crippen LogP contribution in [0.25, 0.3) is 0 Å². The minimum absolute atomic E-state index is 0.141. The third kappa shape index (κ3) is 1.67. The lowest BCUT2D eigenvalue weighted by molar-refractivity contribution is -0.0264. The van der Waals surface area contributed by atoms with Gasteiger partial charge >= 0.3 is 0 Å². The van der Waals surface area contributed by atoms with Gasteiger partial charge in [-0.25, -0.2) is 0 Å². The molecule has 3 rings (SSSR count). The summed E-state index contributed by atoms with van der Waals surface area (Å²) in [5.41, 5.74) is 6.81. The maximum atomic E-state index is 10.8. The van der Waals surface area contributed by atoms with E-state index in [1.54, 1.807) is 11.3 Å². The summed E-state index contributed by atoms with van der Waals surface area (Å²) >= 11 is 1.74. The second-order valence-electron chi connectivity index (χ2n) is 5.74. The second kappa shape index (κ2) is 4.30. The van der Waals surface area contributed by atoms with E-state index in [1.807, 2.05) is 0 Å². The van der Waals surface area contributed by atoms with Gasteiger partial charge in [0, 0.05) is 21.7 Å². The highest BCUT2D eigenvalue weighted by Crippen LogP contribution is 2.54. The Morgan fingerprint density at radius 1 is 1.56 bits per heavy atom. The molecule has 0 aromatic carbocycles. The van der Waals surface area contributed by atoms with Gasteiger partial charge in [0.2, 0.25) is 0 Å². The van der Waals surface area contributed by atoms with Crippen molar-refractivity contribution in [2.45, 2.75) is 51.4 Å². The van der Waals surface area contributed by atoms with Gasteiger partial charge in [-0.3, -0.25) is 0 Å². The summed E-state index contributed by atoms with van der Waals surface area (Å²) in [5.74, 6) is 0. The van der Waals surface area contributed by atoms with E-state index in [4.69, 9.17) is 10.5 Å². The highest BCUT2D eigenvalue weighted by atomic mass is 32.1. The largest absolute Gasteiger partial charge is 0.388 e. The Balaban J connectivity index is 1.95. The van der Waals surface area contributed by atoms with Crippen LogP contribution in [0.15, 0.2) is 6.07 Å². The van der Waals surface area contributed by atoms with Gasteiger partial charge in [-0.15, -0.1) is 11.3 Å². The molecule has 4 atom stereocenters. The average molecular weight is 267 g/mol. The minimum Gasteiger partial charge on any atom is -0.388 e. The standard InChI is InChI=1S/C14H21NO2S/c1-8-5-11(9(2)18-8)13(16)14(7-15)6-10-3-4-12(14)17-10/h5,10,12-13,16H,3-4,6-7,15H2,1-2H3. The van der Waals surface area contributed by atoms with Crippen molar-refractivity contribution in [2.75, 3.05) is 6.54 Å². The molecule has 18 heavy (non-hydrogen) atoms. The molecule has 2 fully saturated rings. The Morgan fingerprint density at radius 2 is 2.33 bits per heavy atom. The molecule has 2 saturated heterocycles. The van der Waals surface area contributed by atoms with Crippen molar-refractivity contribution in [1.82, 2.24) is 0 Å². The van der Waals surface area contributed by atoms with Gasteiger partial charge in [0.1, 0.15) is 0 Å². The summed E-state index contributed by atoms with van der Waals surface area (Å²) in [7, 11) is 0. The SMILES string of the molecule is Cc1cc(C(O)C2(CN)CC3CCC2O3)c(C)s1. The molecule has 2 aliphatic rings. The lowest BCUT2D eigenvalue weighted by atomic mass is 9.68. The molecule has 1 aromatic rings.